The molecule has 2 aliphatic rings. The summed E-state index contributed by atoms with van der Waals surface area (Å²) in [5.41, 5.74) is 2.04. The Morgan fingerprint density at radius 2 is 1.94 bits per heavy atom. The Labute approximate surface area is 184 Å². The van der Waals surface area contributed by atoms with Crippen molar-refractivity contribution in [3.8, 4) is 0 Å². The number of aliphatic hydroxyl groups excluding tert-OH is 1. The van der Waals surface area contributed by atoms with Crippen molar-refractivity contribution in [3.05, 3.63) is 98.5 Å². The molecule has 1 aliphatic carbocycles. The number of nitrogens with zero attached hydrogens (tertiary/aromatic N) is 2. The van der Waals surface area contributed by atoms with Crippen molar-refractivity contribution in [2.45, 2.75) is 44.2 Å². The molecule has 3 aromatic rings. The zero-order chi connectivity index (χ0) is 22.5. The van der Waals surface area contributed by atoms with Gasteiger partial charge in [-0.3, -0.25) is 9.59 Å². The lowest BCUT2D eigenvalue weighted by molar-refractivity contribution is -0.141. The van der Waals surface area contributed by atoms with E-state index in [9.17, 15) is 19.1 Å². The molecule has 1 aliphatic heterocycles. The molecule has 1 fully saturated rings. The van der Waals surface area contributed by atoms with E-state index in [-0.39, 0.29) is 23.1 Å². The number of nitrogens with one attached hydrogen (secondary N) is 1. The number of H-pyrrole nitrogens is 1. The smallest absolute Gasteiger partial charge is 0.256 e. The van der Waals surface area contributed by atoms with Crippen molar-refractivity contribution >= 4 is 5.91 Å². The Morgan fingerprint density at radius 3 is 2.66 bits per heavy atom. The van der Waals surface area contributed by atoms with Crippen LogP contribution in [0, 0.1) is 12.7 Å². The number of fused-ring (bicyclic) bond motifs is 1. The molecule has 1 aromatic heterocycles. The van der Waals surface area contributed by atoms with Crippen LogP contribution in [-0.4, -0.2) is 32.4 Å². The number of aliphatic hydroxyl groups is 1. The van der Waals surface area contributed by atoms with Gasteiger partial charge in [0.15, 0.2) is 6.10 Å². The van der Waals surface area contributed by atoms with Gasteiger partial charge in [-0.05, 0) is 30.9 Å². The fraction of sp³-hybridized carbons (Fsp3) is 0.320. The number of hydrogen-bond donors (Lipinski definition) is 2. The average molecular weight is 433 g/mol. The van der Waals surface area contributed by atoms with Crippen molar-refractivity contribution in [3.63, 3.8) is 0 Å². The molecule has 2 aromatic carbocycles. The summed E-state index contributed by atoms with van der Waals surface area (Å²) in [5.74, 6) is -0.536. The third-order valence-corrected chi connectivity index (χ3v) is 6.66. The number of aromatic amines is 1. The van der Waals surface area contributed by atoms with E-state index in [4.69, 9.17) is 4.98 Å². The first-order valence-corrected chi connectivity index (χ1v) is 10.8. The molecule has 1 unspecified atom stereocenters. The molecule has 6 nitrogen and oxygen atoms in total. The van der Waals surface area contributed by atoms with Crippen molar-refractivity contribution in [2.75, 3.05) is 6.54 Å². The van der Waals surface area contributed by atoms with Gasteiger partial charge in [0.05, 0.1) is 23.2 Å². The molecule has 1 saturated carbocycles. The Kier molecular flexibility index (Phi) is 4.93. The Morgan fingerprint density at radius 1 is 1.19 bits per heavy atom. The van der Waals surface area contributed by atoms with Crippen molar-refractivity contribution in [1.29, 1.82) is 0 Å². The van der Waals surface area contributed by atoms with Crippen LogP contribution in [-0.2, 0) is 23.2 Å². The summed E-state index contributed by atoms with van der Waals surface area (Å²) in [6.07, 6.45) is 0.650. The van der Waals surface area contributed by atoms with Crippen LogP contribution in [0.15, 0.2) is 53.3 Å². The van der Waals surface area contributed by atoms with E-state index in [2.05, 4.69) is 17.1 Å². The minimum atomic E-state index is -1.62. The van der Waals surface area contributed by atoms with E-state index in [1.165, 1.54) is 11.0 Å². The minimum absolute atomic E-state index is 0.0413. The molecular formula is C25H24FN3O3. The molecule has 1 amide bonds. The first-order chi connectivity index (χ1) is 15.4. The second kappa shape index (κ2) is 7.67. The summed E-state index contributed by atoms with van der Waals surface area (Å²) in [7, 11) is 0. The monoisotopic (exact) mass is 433 g/mol. The van der Waals surface area contributed by atoms with E-state index in [0.29, 0.717) is 35.6 Å². The maximum absolute atomic E-state index is 14.4. The summed E-state index contributed by atoms with van der Waals surface area (Å²) < 4.78 is 14.4. The zero-order valence-corrected chi connectivity index (χ0v) is 17.8. The summed E-state index contributed by atoms with van der Waals surface area (Å²) in [5, 5.41) is 10.5. The van der Waals surface area contributed by atoms with Crippen LogP contribution in [0.2, 0.25) is 0 Å². The van der Waals surface area contributed by atoms with Gasteiger partial charge in [-0.1, -0.05) is 48.5 Å². The molecule has 7 heteroatoms. The van der Waals surface area contributed by atoms with Crippen LogP contribution in [0.1, 0.15) is 52.7 Å². The second-order valence-electron chi connectivity index (χ2n) is 8.68. The van der Waals surface area contributed by atoms with E-state index in [0.717, 1.165) is 18.4 Å². The van der Waals surface area contributed by atoms with Gasteiger partial charge in [0.1, 0.15) is 11.6 Å². The molecule has 5 rings (SSSR count). The Balaban J connectivity index is 1.41. The van der Waals surface area contributed by atoms with Gasteiger partial charge in [-0.25, -0.2) is 9.37 Å². The van der Waals surface area contributed by atoms with Crippen molar-refractivity contribution < 1.29 is 14.3 Å². The number of amides is 1. The summed E-state index contributed by atoms with van der Waals surface area (Å²) >= 11 is 0. The van der Waals surface area contributed by atoms with Gasteiger partial charge in [-0.2, -0.15) is 0 Å². The predicted octanol–water partition coefficient (Wildman–Crippen LogP) is 2.92. The molecule has 1 atom stereocenters. The number of aryl methyl sites for hydroxylation is 1. The van der Waals surface area contributed by atoms with Crippen LogP contribution in [0.25, 0.3) is 0 Å². The number of carbonyl (C=O) groups is 1. The zero-order valence-electron chi connectivity index (χ0n) is 17.8. The normalized spacial score (nSPS) is 17.5. The van der Waals surface area contributed by atoms with E-state index in [1.54, 1.807) is 19.1 Å². The molecule has 164 valence electrons. The Hall–Kier alpha value is -3.32. The number of halogens is 1. The first kappa shape index (κ1) is 20.6. The van der Waals surface area contributed by atoms with Crippen LogP contribution < -0.4 is 5.56 Å². The standard InChI is InChI=1S/C25H24FN3O3/c1-15-6-5-9-17(20(15)26)21(30)23(32)29-13-10-19-18(14-29)22(31)28-24(27-19)25(11-12-25)16-7-3-2-4-8-16/h2-9,21,30H,10-14H2,1H3,(H,27,28,31). The lowest BCUT2D eigenvalue weighted by Crippen LogP contribution is -2.42. The molecule has 2 N–H and O–H groups in total. The highest BCUT2D eigenvalue weighted by Crippen LogP contribution is 2.51. The molecule has 0 saturated heterocycles. The molecular weight excluding hydrogens is 409 g/mol. The quantitative estimate of drug-likeness (QED) is 0.663. The van der Waals surface area contributed by atoms with E-state index in [1.807, 2.05) is 18.2 Å². The van der Waals surface area contributed by atoms with Crippen molar-refractivity contribution in [2.24, 2.45) is 0 Å². The maximum atomic E-state index is 14.4. The summed E-state index contributed by atoms with van der Waals surface area (Å²) in [4.78, 5) is 35.0. The largest absolute Gasteiger partial charge is 0.378 e. The van der Waals surface area contributed by atoms with Crippen LogP contribution >= 0.6 is 0 Å². The highest BCUT2D eigenvalue weighted by molar-refractivity contribution is 5.82. The average Bonchev–Trinajstić information content (AvgIpc) is 3.62. The van der Waals surface area contributed by atoms with Crippen LogP contribution in [0.3, 0.4) is 0 Å². The lowest BCUT2D eigenvalue weighted by atomic mass is 9.94. The molecule has 32 heavy (non-hydrogen) atoms. The fourth-order valence-electron chi connectivity index (χ4n) is 4.57. The minimum Gasteiger partial charge on any atom is -0.378 e. The van der Waals surface area contributed by atoms with Crippen LogP contribution in [0.5, 0.6) is 0 Å². The van der Waals surface area contributed by atoms with Gasteiger partial charge in [0, 0.05) is 18.5 Å². The maximum Gasteiger partial charge on any atom is 0.256 e. The fourth-order valence-corrected chi connectivity index (χ4v) is 4.57. The number of benzene rings is 2. The number of rotatable bonds is 4. The molecule has 2 heterocycles. The predicted molar refractivity (Wildman–Crippen MR) is 117 cm³/mol. The van der Waals surface area contributed by atoms with E-state index < -0.39 is 17.8 Å². The highest BCUT2D eigenvalue weighted by Gasteiger charge is 2.48. The molecule has 0 spiro atoms. The number of carbonyl (C=O) groups excluding carboxylic acids is 1. The third-order valence-electron chi connectivity index (χ3n) is 6.66. The van der Waals surface area contributed by atoms with Gasteiger partial charge in [0.2, 0.25) is 0 Å². The topological polar surface area (TPSA) is 86.3 Å². The second-order valence-corrected chi connectivity index (χ2v) is 8.68. The van der Waals surface area contributed by atoms with E-state index >= 15 is 0 Å². The van der Waals surface area contributed by atoms with Crippen LogP contribution in [0.4, 0.5) is 4.39 Å². The Bertz CT molecular complexity index is 1250. The first-order valence-electron chi connectivity index (χ1n) is 10.8. The highest BCUT2D eigenvalue weighted by atomic mass is 19.1. The van der Waals surface area contributed by atoms with Crippen molar-refractivity contribution in [1.82, 2.24) is 14.9 Å². The number of aromatic nitrogens is 2. The lowest BCUT2D eigenvalue weighted by Gasteiger charge is -2.30. The SMILES string of the molecule is Cc1cccc(C(O)C(=O)N2CCc3nc(C4(c5ccccc5)CC4)[nH]c(=O)c3C2)c1F. The summed E-state index contributed by atoms with van der Waals surface area (Å²) in [6.45, 7) is 1.93. The number of hydrogen-bond acceptors (Lipinski definition) is 4. The van der Waals surface area contributed by atoms with Gasteiger partial charge >= 0.3 is 0 Å². The van der Waals surface area contributed by atoms with Gasteiger partial charge in [-0.15, -0.1) is 0 Å². The van der Waals surface area contributed by atoms with Gasteiger partial charge in [0.25, 0.3) is 11.5 Å². The summed E-state index contributed by atoms with van der Waals surface area (Å²) in [6, 6.07) is 14.6. The van der Waals surface area contributed by atoms with Gasteiger partial charge < -0.3 is 15.0 Å². The molecule has 0 radical (unpaired) electrons. The molecule has 0 bridgehead atoms. The third kappa shape index (κ3) is 3.33.